The van der Waals surface area contributed by atoms with Crippen LogP contribution in [0.25, 0.3) is 0 Å². The Morgan fingerprint density at radius 3 is 2.72 bits per heavy atom. The molecule has 1 amide bonds. The molecule has 0 unspecified atom stereocenters. The van der Waals surface area contributed by atoms with E-state index in [9.17, 15) is 4.79 Å². The number of hydrogen-bond donors (Lipinski definition) is 2. The molecule has 3 rings (SSSR count). The maximum absolute atomic E-state index is 12.4. The Hall–Kier alpha value is -3.28. The normalized spacial score (nSPS) is 10.3. The monoisotopic (exact) mass is 333 g/mol. The molecular weight excluding hydrogens is 314 g/mol. The summed E-state index contributed by atoms with van der Waals surface area (Å²) in [7, 11) is 0. The number of nitrogens with one attached hydrogen (secondary N) is 2. The number of rotatable bonds is 5. The Labute approximate surface area is 146 Å². The van der Waals surface area contributed by atoms with Gasteiger partial charge in [-0.25, -0.2) is 9.97 Å². The highest BCUT2D eigenvalue weighted by Crippen LogP contribution is 2.15. The van der Waals surface area contributed by atoms with Gasteiger partial charge in [0.1, 0.15) is 5.69 Å². The molecule has 6 nitrogen and oxygen atoms in total. The molecule has 1 aromatic carbocycles. The van der Waals surface area contributed by atoms with E-state index in [1.54, 1.807) is 18.5 Å². The Bertz CT molecular complexity index is 880. The van der Waals surface area contributed by atoms with Crippen molar-refractivity contribution in [2.75, 3.05) is 5.32 Å². The van der Waals surface area contributed by atoms with E-state index in [4.69, 9.17) is 0 Å². The molecule has 2 aromatic heterocycles. The molecule has 0 saturated carbocycles. The fourth-order valence-electron chi connectivity index (χ4n) is 2.37. The van der Waals surface area contributed by atoms with Gasteiger partial charge in [0.15, 0.2) is 0 Å². The lowest BCUT2D eigenvalue weighted by atomic mass is 10.2. The molecule has 0 atom stereocenters. The summed E-state index contributed by atoms with van der Waals surface area (Å²) >= 11 is 0. The predicted molar refractivity (Wildman–Crippen MR) is 96.6 cm³/mol. The molecule has 2 heterocycles. The van der Waals surface area contributed by atoms with E-state index in [1.165, 1.54) is 0 Å². The lowest BCUT2D eigenvalue weighted by Gasteiger charge is -2.09. The van der Waals surface area contributed by atoms with Crippen LogP contribution in [-0.2, 0) is 6.54 Å². The molecular formula is C19H19N5O. The molecule has 0 radical (unpaired) electrons. The van der Waals surface area contributed by atoms with Crippen molar-refractivity contribution in [3.05, 3.63) is 77.4 Å². The fraction of sp³-hybridized carbons (Fsp3) is 0.158. The third-order valence-electron chi connectivity index (χ3n) is 3.54. The molecule has 25 heavy (non-hydrogen) atoms. The number of hydrogen-bond acceptors (Lipinski definition) is 5. The van der Waals surface area contributed by atoms with Crippen molar-refractivity contribution in [3.8, 4) is 0 Å². The third kappa shape index (κ3) is 4.60. The Morgan fingerprint density at radius 1 is 1.08 bits per heavy atom. The summed E-state index contributed by atoms with van der Waals surface area (Å²) in [6, 6.07) is 13.3. The van der Waals surface area contributed by atoms with Crippen molar-refractivity contribution in [3.63, 3.8) is 0 Å². The average molecular weight is 333 g/mol. The summed E-state index contributed by atoms with van der Waals surface area (Å²) < 4.78 is 0. The molecule has 0 spiro atoms. The van der Waals surface area contributed by atoms with E-state index in [0.29, 0.717) is 18.2 Å². The first kappa shape index (κ1) is 16.6. The molecule has 2 N–H and O–H groups in total. The second kappa shape index (κ2) is 7.53. The van der Waals surface area contributed by atoms with Gasteiger partial charge < -0.3 is 10.6 Å². The maximum atomic E-state index is 12.4. The average Bonchev–Trinajstić information content (AvgIpc) is 2.60. The van der Waals surface area contributed by atoms with Crippen molar-refractivity contribution >= 4 is 17.5 Å². The van der Waals surface area contributed by atoms with Gasteiger partial charge in [0, 0.05) is 30.3 Å². The van der Waals surface area contributed by atoms with Crippen LogP contribution in [0, 0.1) is 13.8 Å². The number of nitrogens with zero attached hydrogens (tertiary/aromatic N) is 3. The number of benzene rings is 1. The standard InChI is InChI=1S/C19H19N5O/c1-13-5-3-7-16(9-13)23-19-22-14(2)10-17(24-19)18(25)21-12-15-6-4-8-20-11-15/h3-11H,12H2,1-2H3,(H,21,25)(H,22,23,24). The SMILES string of the molecule is Cc1cccc(Nc2nc(C)cc(C(=O)NCc3cccnc3)n2)c1. The zero-order chi connectivity index (χ0) is 17.6. The van der Waals surface area contributed by atoms with Gasteiger partial charge in [0.05, 0.1) is 0 Å². The predicted octanol–water partition coefficient (Wildman–Crippen LogP) is 3.16. The highest BCUT2D eigenvalue weighted by atomic mass is 16.1. The van der Waals surface area contributed by atoms with E-state index in [1.807, 2.05) is 50.2 Å². The van der Waals surface area contributed by atoms with E-state index >= 15 is 0 Å². The molecule has 0 aliphatic rings. The lowest BCUT2D eigenvalue weighted by Crippen LogP contribution is -2.24. The third-order valence-corrected chi connectivity index (χ3v) is 3.54. The van der Waals surface area contributed by atoms with E-state index in [0.717, 1.165) is 22.5 Å². The van der Waals surface area contributed by atoms with E-state index < -0.39 is 0 Å². The Morgan fingerprint density at radius 2 is 1.96 bits per heavy atom. The summed E-state index contributed by atoms with van der Waals surface area (Å²) in [5.74, 6) is 0.152. The van der Waals surface area contributed by atoms with Crippen molar-refractivity contribution < 1.29 is 4.79 Å². The molecule has 0 fully saturated rings. The summed E-state index contributed by atoms with van der Waals surface area (Å²) in [5.41, 5.74) is 3.99. The minimum Gasteiger partial charge on any atom is -0.347 e. The second-order valence-corrected chi connectivity index (χ2v) is 5.76. The molecule has 0 aliphatic heterocycles. The molecule has 0 aliphatic carbocycles. The van der Waals surface area contributed by atoms with E-state index in [2.05, 4.69) is 25.6 Å². The lowest BCUT2D eigenvalue weighted by molar-refractivity contribution is 0.0945. The molecule has 3 aromatic rings. The first-order valence-electron chi connectivity index (χ1n) is 7.96. The molecule has 0 bridgehead atoms. The van der Waals surface area contributed by atoms with Gasteiger partial charge in [-0.2, -0.15) is 0 Å². The topological polar surface area (TPSA) is 79.8 Å². The first-order chi connectivity index (χ1) is 12.1. The number of aromatic nitrogens is 3. The van der Waals surface area contributed by atoms with Crippen LogP contribution in [0.5, 0.6) is 0 Å². The van der Waals surface area contributed by atoms with Gasteiger partial charge in [-0.1, -0.05) is 18.2 Å². The fourth-order valence-corrected chi connectivity index (χ4v) is 2.37. The minimum atomic E-state index is -0.248. The number of amides is 1. The number of aryl methyl sites for hydroxylation is 2. The van der Waals surface area contributed by atoms with Crippen LogP contribution in [-0.4, -0.2) is 20.9 Å². The van der Waals surface area contributed by atoms with Crippen LogP contribution in [0.4, 0.5) is 11.6 Å². The smallest absolute Gasteiger partial charge is 0.270 e. The molecule has 126 valence electrons. The van der Waals surface area contributed by atoms with Crippen molar-refractivity contribution in [2.45, 2.75) is 20.4 Å². The number of carbonyl (C=O) groups excluding carboxylic acids is 1. The highest BCUT2D eigenvalue weighted by Gasteiger charge is 2.11. The van der Waals surface area contributed by atoms with Gasteiger partial charge >= 0.3 is 0 Å². The van der Waals surface area contributed by atoms with Gasteiger partial charge in [-0.3, -0.25) is 9.78 Å². The van der Waals surface area contributed by atoms with Crippen molar-refractivity contribution in [1.82, 2.24) is 20.3 Å². The Kier molecular flexibility index (Phi) is 4.99. The van der Waals surface area contributed by atoms with E-state index in [-0.39, 0.29) is 5.91 Å². The number of pyridine rings is 1. The summed E-state index contributed by atoms with van der Waals surface area (Å²) in [6.07, 6.45) is 3.42. The molecule has 6 heteroatoms. The van der Waals surface area contributed by atoms with Gasteiger partial charge in [0.2, 0.25) is 5.95 Å². The van der Waals surface area contributed by atoms with Crippen LogP contribution in [0.1, 0.15) is 27.3 Å². The molecule has 0 saturated heterocycles. The van der Waals surface area contributed by atoms with Crippen LogP contribution in [0.3, 0.4) is 0 Å². The quantitative estimate of drug-likeness (QED) is 0.750. The minimum absolute atomic E-state index is 0.248. The number of carbonyl (C=O) groups is 1. The highest BCUT2D eigenvalue weighted by molar-refractivity contribution is 5.92. The van der Waals surface area contributed by atoms with Crippen molar-refractivity contribution in [2.24, 2.45) is 0 Å². The summed E-state index contributed by atoms with van der Waals surface area (Å²) in [6.45, 7) is 4.25. The Balaban J connectivity index is 1.73. The number of anilines is 2. The van der Waals surface area contributed by atoms with Crippen LogP contribution in [0.15, 0.2) is 54.9 Å². The zero-order valence-corrected chi connectivity index (χ0v) is 14.2. The van der Waals surface area contributed by atoms with Crippen LogP contribution >= 0.6 is 0 Å². The van der Waals surface area contributed by atoms with Crippen LogP contribution < -0.4 is 10.6 Å². The first-order valence-corrected chi connectivity index (χ1v) is 7.96. The maximum Gasteiger partial charge on any atom is 0.270 e. The second-order valence-electron chi connectivity index (χ2n) is 5.76. The zero-order valence-electron chi connectivity index (χ0n) is 14.2. The van der Waals surface area contributed by atoms with Crippen molar-refractivity contribution in [1.29, 1.82) is 0 Å². The largest absolute Gasteiger partial charge is 0.347 e. The summed E-state index contributed by atoms with van der Waals surface area (Å²) in [5, 5.41) is 5.99. The van der Waals surface area contributed by atoms with Gasteiger partial charge in [0.25, 0.3) is 5.91 Å². The van der Waals surface area contributed by atoms with Gasteiger partial charge in [-0.05, 0) is 49.2 Å². The summed E-state index contributed by atoms with van der Waals surface area (Å²) in [4.78, 5) is 25.1. The van der Waals surface area contributed by atoms with Crippen LogP contribution in [0.2, 0.25) is 0 Å². The van der Waals surface area contributed by atoms with Gasteiger partial charge in [-0.15, -0.1) is 0 Å².